The van der Waals surface area contributed by atoms with Gasteiger partial charge in [0, 0.05) is 11.3 Å². The van der Waals surface area contributed by atoms with Crippen molar-refractivity contribution >= 4 is 5.97 Å². The summed E-state index contributed by atoms with van der Waals surface area (Å²) in [5, 5.41) is 0. The number of hydrogen-bond acceptors (Lipinski definition) is 2. The highest BCUT2D eigenvalue weighted by atomic mass is 16.5. The van der Waals surface area contributed by atoms with E-state index in [-0.39, 0.29) is 5.97 Å². The summed E-state index contributed by atoms with van der Waals surface area (Å²) in [6, 6.07) is 41.1. The van der Waals surface area contributed by atoms with Crippen LogP contribution < -0.4 is 0 Å². The number of para-hydroxylation sites is 1. The number of rotatable bonds is 5. The standard InChI is InChI=1S/C30H23NO2/c1-33-30(32)25-19-17-24(18-20-25)29-27(22-11-5-2-6-12-22)21-28(23-13-7-3-8-14-23)31(29)26-15-9-4-10-16-26/h2-21H,1H3. The lowest BCUT2D eigenvalue weighted by Crippen LogP contribution is -2.02. The number of nitrogens with zero attached hydrogens (tertiary/aromatic N) is 1. The Balaban J connectivity index is 1.82. The van der Waals surface area contributed by atoms with Gasteiger partial charge in [-0.15, -0.1) is 0 Å². The smallest absolute Gasteiger partial charge is 0.337 e. The quantitative estimate of drug-likeness (QED) is 0.275. The van der Waals surface area contributed by atoms with Crippen molar-refractivity contribution in [2.75, 3.05) is 7.11 Å². The number of esters is 1. The molecule has 0 aliphatic carbocycles. The Hall–Kier alpha value is -4.37. The van der Waals surface area contributed by atoms with Crippen LogP contribution in [-0.4, -0.2) is 17.6 Å². The molecule has 4 aromatic carbocycles. The van der Waals surface area contributed by atoms with Gasteiger partial charge in [0.1, 0.15) is 0 Å². The molecule has 3 heteroatoms. The fourth-order valence-corrected chi connectivity index (χ4v) is 4.18. The molecule has 5 rings (SSSR count). The van der Waals surface area contributed by atoms with Gasteiger partial charge in [-0.25, -0.2) is 4.79 Å². The van der Waals surface area contributed by atoms with E-state index in [0.717, 1.165) is 39.3 Å². The van der Waals surface area contributed by atoms with Crippen molar-refractivity contribution in [2.24, 2.45) is 0 Å². The average molecular weight is 430 g/mol. The predicted octanol–water partition coefficient (Wildman–Crippen LogP) is 7.26. The second-order valence-electron chi connectivity index (χ2n) is 7.76. The molecule has 0 radical (unpaired) electrons. The molecular formula is C30H23NO2. The number of carbonyl (C=O) groups is 1. The van der Waals surface area contributed by atoms with Crippen LogP contribution in [-0.2, 0) is 4.74 Å². The maximum atomic E-state index is 12.0. The lowest BCUT2D eigenvalue weighted by molar-refractivity contribution is 0.0601. The number of carbonyl (C=O) groups excluding carboxylic acids is 1. The van der Waals surface area contributed by atoms with Gasteiger partial charge in [-0.2, -0.15) is 0 Å². The predicted molar refractivity (Wildman–Crippen MR) is 133 cm³/mol. The summed E-state index contributed by atoms with van der Waals surface area (Å²) in [5.74, 6) is -0.340. The number of methoxy groups -OCH3 is 1. The van der Waals surface area contributed by atoms with Crippen molar-refractivity contribution in [3.63, 3.8) is 0 Å². The molecule has 1 aromatic heterocycles. The van der Waals surface area contributed by atoms with Gasteiger partial charge in [0.25, 0.3) is 0 Å². The third-order valence-corrected chi connectivity index (χ3v) is 5.75. The molecule has 160 valence electrons. The van der Waals surface area contributed by atoms with Gasteiger partial charge in [-0.3, -0.25) is 0 Å². The molecule has 0 saturated carbocycles. The minimum absolute atomic E-state index is 0.340. The van der Waals surface area contributed by atoms with Gasteiger partial charge in [0.2, 0.25) is 0 Å². The van der Waals surface area contributed by atoms with E-state index in [1.165, 1.54) is 7.11 Å². The first kappa shape index (κ1) is 20.5. The van der Waals surface area contributed by atoms with E-state index in [4.69, 9.17) is 4.74 Å². The fourth-order valence-electron chi connectivity index (χ4n) is 4.18. The highest BCUT2D eigenvalue weighted by molar-refractivity contribution is 5.92. The molecule has 33 heavy (non-hydrogen) atoms. The maximum Gasteiger partial charge on any atom is 0.337 e. The molecule has 0 saturated heterocycles. The molecule has 0 aliphatic rings. The van der Waals surface area contributed by atoms with Crippen molar-refractivity contribution in [3.05, 3.63) is 127 Å². The van der Waals surface area contributed by atoms with Crippen molar-refractivity contribution in [3.8, 4) is 39.3 Å². The summed E-state index contributed by atoms with van der Waals surface area (Å²) in [5.41, 5.74) is 8.20. The van der Waals surface area contributed by atoms with Gasteiger partial charge in [0.15, 0.2) is 0 Å². The molecule has 0 spiro atoms. The molecule has 0 bridgehead atoms. The van der Waals surface area contributed by atoms with E-state index in [0.29, 0.717) is 5.56 Å². The van der Waals surface area contributed by atoms with Gasteiger partial charge < -0.3 is 9.30 Å². The van der Waals surface area contributed by atoms with E-state index >= 15 is 0 Å². The molecule has 3 nitrogen and oxygen atoms in total. The average Bonchev–Trinajstić information content (AvgIpc) is 3.30. The van der Waals surface area contributed by atoms with Gasteiger partial charge >= 0.3 is 5.97 Å². The van der Waals surface area contributed by atoms with Crippen molar-refractivity contribution in [2.45, 2.75) is 0 Å². The van der Waals surface area contributed by atoms with E-state index in [2.05, 4.69) is 83.4 Å². The van der Waals surface area contributed by atoms with Crippen molar-refractivity contribution < 1.29 is 9.53 Å². The monoisotopic (exact) mass is 429 g/mol. The zero-order valence-electron chi connectivity index (χ0n) is 18.3. The Bertz CT molecular complexity index is 1370. The first-order valence-corrected chi connectivity index (χ1v) is 10.9. The number of ether oxygens (including phenoxy) is 1. The second-order valence-corrected chi connectivity index (χ2v) is 7.76. The zero-order chi connectivity index (χ0) is 22.6. The summed E-state index contributed by atoms with van der Waals surface area (Å²) in [6.45, 7) is 0. The fraction of sp³-hybridized carbons (Fsp3) is 0.0333. The number of aromatic nitrogens is 1. The van der Waals surface area contributed by atoms with E-state index in [9.17, 15) is 4.79 Å². The van der Waals surface area contributed by atoms with Crippen LogP contribution in [0.2, 0.25) is 0 Å². The van der Waals surface area contributed by atoms with Crippen LogP contribution in [0.3, 0.4) is 0 Å². The third kappa shape index (κ3) is 3.97. The Labute approximate surface area is 193 Å². The summed E-state index contributed by atoms with van der Waals surface area (Å²) in [7, 11) is 1.40. The molecule has 0 aliphatic heterocycles. The number of benzene rings is 4. The van der Waals surface area contributed by atoms with Gasteiger partial charge in [0.05, 0.1) is 24.1 Å². The molecule has 1 heterocycles. The van der Waals surface area contributed by atoms with Gasteiger partial charge in [-0.1, -0.05) is 91.0 Å². The molecule has 0 unspecified atom stereocenters. The summed E-state index contributed by atoms with van der Waals surface area (Å²) in [4.78, 5) is 12.0. The molecule has 0 atom stereocenters. The van der Waals surface area contributed by atoms with Crippen LogP contribution in [0.4, 0.5) is 0 Å². The first-order valence-electron chi connectivity index (χ1n) is 10.9. The van der Waals surface area contributed by atoms with E-state index in [1.807, 2.05) is 42.5 Å². The summed E-state index contributed by atoms with van der Waals surface area (Å²) >= 11 is 0. The largest absolute Gasteiger partial charge is 0.465 e. The van der Waals surface area contributed by atoms with Crippen LogP contribution in [0.5, 0.6) is 0 Å². The Morgan fingerprint density at radius 2 is 1.18 bits per heavy atom. The van der Waals surface area contributed by atoms with E-state index < -0.39 is 0 Å². The van der Waals surface area contributed by atoms with Crippen molar-refractivity contribution in [1.82, 2.24) is 4.57 Å². The molecule has 0 N–H and O–H groups in total. The maximum absolute atomic E-state index is 12.0. The summed E-state index contributed by atoms with van der Waals surface area (Å²) in [6.07, 6.45) is 0. The number of hydrogen-bond donors (Lipinski definition) is 0. The highest BCUT2D eigenvalue weighted by Gasteiger charge is 2.20. The van der Waals surface area contributed by atoms with Crippen LogP contribution >= 0.6 is 0 Å². The molecule has 5 aromatic rings. The normalized spacial score (nSPS) is 10.7. The second kappa shape index (κ2) is 9.01. The highest BCUT2D eigenvalue weighted by Crippen LogP contribution is 2.41. The lowest BCUT2D eigenvalue weighted by atomic mass is 10.00. The van der Waals surface area contributed by atoms with Gasteiger partial charge in [-0.05, 0) is 47.0 Å². The SMILES string of the molecule is COC(=O)c1ccc(-c2c(-c3ccccc3)cc(-c3ccccc3)n2-c2ccccc2)cc1. The topological polar surface area (TPSA) is 31.2 Å². The zero-order valence-corrected chi connectivity index (χ0v) is 18.3. The van der Waals surface area contributed by atoms with Crippen LogP contribution in [0.1, 0.15) is 10.4 Å². The Kier molecular flexibility index (Phi) is 5.61. The minimum Gasteiger partial charge on any atom is -0.465 e. The Morgan fingerprint density at radius 1 is 0.636 bits per heavy atom. The molecular weight excluding hydrogens is 406 g/mol. The lowest BCUT2D eigenvalue weighted by Gasteiger charge is -2.16. The first-order chi connectivity index (χ1) is 16.3. The van der Waals surface area contributed by atoms with Crippen LogP contribution in [0.15, 0.2) is 121 Å². The van der Waals surface area contributed by atoms with Crippen LogP contribution in [0.25, 0.3) is 39.3 Å². The van der Waals surface area contributed by atoms with Crippen LogP contribution in [0, 0.1) is 0 Å². The summed E-state index contributed by atoms with van der Waals surface area (Å²) < 4.78 is 7.18. The third-order valence-electron chi connectivity index (χ3n) is 5.75. The Morgan fingerprint density at radius 3 is 1.76 bits per heavy atom. The minimum atomic E-state index is -0.340. The molecule has 0 amide bonds. The van der Waals surface area contributed by atoms with E-state index in [1.54, 1.807) is 0 Å². The molecule has 0 fully saturated rings. The van der Waals surface area contributed by atoms with Crippen molar-refractivity contribution in [1.29, 1.82) is 0 Å².